The Morgan fingerprint density at radius 3 is 1.69 bits per heavy atom. The molecule has 6 heteroatoms. The number of ether oxygens (including phenoxy) is 2. The molecule has 278 valence electrons. The minimum atomic E-state index is -1.00. The summed E-state index contributed by atoms with van der Waals surface area (Å²) in [5.74, 6) is 0.174. The van der Waals surface area contributed by atoms with E-state index in [1.807, 2.05) is 30.4 Å². The zero-order valence-electron chi connectivity index (χ0n) is 31.3. The van der Waals surface area contributed by atoms with Gasteiger partial charge in [-0.05, 0) is 50.9 Å². The van der Waals surface area contributed by atoms with E-state index in [-0.39, 0.29) is 31.6 Å². The summed E-state index contributed by atoms with van der Waals surface area (Å²) < 4.78 is 10.3. The lowest BCUT2D eigenvalue weighted by Gasteiger charge is -2.12. The Labute approximate surface area is 295 Å². The highest BCUT2D eigenvalue weighted by molar-refractivity contribution is 5.69. The summed E-state index contributed by atoms with van der Waals surface area (Å²) in [5.41, 5.74) is 0. The molecule has 0 radical (unpaired) electrons. The van der Waals surface area contributed by atoms with Crippen LogP contribution in [0.25, 0.3) is 0 Å². The van der Waals surface area contributed by atoms with Crippen molar-refractivity contribution < 1.29 is 29.3 Å². The molecule has 0 aliphatic heterocycles. The third kappa shape index (κ3) is 36.7. The van der Waals surface area contributed by atoms with E-state index in [2.05, 4.69) is 32.9 Å². The molecule has 2 N–H and O–H groups in total. The van der Waals surface area contributed by atoms with Crippen LogP contribution >= 0.6 is 0 Å². The number of aliphatic hydroxyl groups is 2. The molecule has 0 heterocycles. The second-order valence-corrected chi connectivity index (χ2v) is 13.7. The average molecular weight is 675 g/mol. The van der Waals surface area contributed by atoms with E-state index in [1.165, 1.54) is 89.9 Å². The predicted molar refractivity (Wildman–Crippen MR) is 202 cm³/mol. The van der Waals surface area contributed by atoms with Crippen molar-refractivity contribution in [2.45, 2.75) is 187 Å². The molecule has 0 aliphatic carbocycles. The second-order valence-electron chi connectivity index (χ2n) is 13.7. The van der Waals surface area contributed by atoms with Crippen LogP contribution in [0.15, 0.2) is 48.6 Å². The Morgan fingerprint density at radius 2 is 1.10 bits per heavy atom. The summed E-state index contributed by atoms with van der Waals surface area (Å²) in [4.78, 5) is 23.9. The molecule has 0 aromatic heterocycles. The van der Waals surface area contributed by atoms with Crippen molar-refractivity contribution in [2.24, 2.45) is 5.92 Å². The number of aliphatic hydroxyl groups excluding tert-OH is 2. The fourth-order valence-corrected chi connectivity index (χ4v) is 5.29. The summed E-state index contributed by atoms with van der Waals surface area (Å²) in [6.45, 7) is 6.49. The van der Waals surface area contributed by atoms with Gasteiger partial charge in [0.1, 0.15) is 19.3 Å². The van der Waals surface area contributed by atoms with Gasteiger partial charge in [0.2, 0.25) is 0 Å². The maximum Gasteiger partial charge on any atom is 0.305 e. The highest BCUT2D eigenvalue weighted by Gasteiger charge is 2.12. The Hall–Kier alpha value is -2.18. The van der Waals surface area contributed by atoms with Crippen LogP contribution in [-0.2, 0) is 19.1 Å². The molecule has 6 nitrogen and oxygen atoms in total. The van der Waals surface area contributed by atoms with Crippen LogP contribution in [0.4, 0.5) is 0 Å². The van der Waals surface area contributed by atoms with Gasteiger partial charge in [-0.15, -0.1) is 0 Å². The number of hydrogen-bond donors (Lipinski definition) is 2. The summed E-state index contributed by atoms with van der Waals surface area (Å²) in [7, 11) is 0. The van der Waals surface area contributed by atoms with Crippen molar-refractivity contribution in [1.82, 2.24) is 0 Å². The quantitative estimate of drug-likeness (QED) is 0.0305. The van der Waals surface area contributed by atoms with Crippen molar-refractivity contribution >= 4 is 11.9 Å². The lowest BCUT2D eigenvalue weighted by atomic mass is 10.0. The van der Waals surface area contributed by atoms with E-state index < -0.39 is 12.2 Å². The van der Waals surface area contributed by atoms with E-state index in [4.69, 9.17) is 9.47 Å². The van der Waals surface area contributed by atoms with E-state index >= 15 is 0 Å². The Balaban J connectivity index is 3.59. The Bertz CT molecular complexity index is 843. The zero-order chi connectivity index (χ0) is 35.3. The largest absolute Gasteiger partial charge is 0.463 e. The predicted octanol–water partition coefficient (Wildman–Crippen LogP) is 11.1. The monoisotopic (exact) mass is 675 g/mol. The van der Waals surface area contributed by atoms with Crippen LogP contribution in [0.2, 0.25) is 0 Å². The van der Waals surface area contributed by atoms with Gasteiger partial charge in [0.05, 0.1) is 6.10 Å². The van der Waals surface area contributed by atoms with Crippen LogP contribution in [-0.4, -0.2) is 47.6 Å². The molecule has 0 rings (SSSR count). The molecule has 0 saturated carbocycles. The molecular weight excluding hydrogens is 600 g/mol. The molecule has 0 aliphatic rings. The second kappa shape index (κ2) is 36.1. The van der Waals surface area contributed by atoms with Crippen molar-refractivity contribution in [3.05, 3.63) is 48.6 Å². The first-order valence-electron chi connectivity index (χ1n) is 19.7. The molecule has 0 aromatic carbocycles. The van der Waals surface area contributed by atoms with Crippen LogP contribution in [0, 0.1) is 5.92 Å². The van der Waals surface area contributed by atoms with Crippen LogP contribution in [0.1, 0.15) is 175 Å². The summed E-state index contributed by atoms with van der Waals surface area (Å²) in [6, 6.07) is 0. The lowest BCUT2D eigenvalue weighted by molar-refractivity contribution is -0.152. The summed E-state index contributed by atoms with van der Waals surface area (Å²) in [5, 5.41) is 20.0. The third-order valence-corrected chi connectivity index (χ3v) is 8.33. The number of rotatable bonds is 34. The zero-order valence-corrected chi connectivity index (χ0v) is 31.3. The van der Waals surface area contributed by atoms with Gasteiger partial charge < -0.3 is 19.7 Å². The van der Waals surface area contributed by atoms with Gasteiger partial charge in [-0.1, -0.05) is 166 Å². The van der Waals surface area contributed by atoms with Gasteiger partial charge in [0.25, 0.3) is 0 Å². The molecule has 0 spiro atoms. The van der Waals surface area contributed by atoms with E-state index in [1.54, 1.807) is 6.08 Å². The highest BCUT2D eigenvalue weighted by Crippen LogP contribution is 2.15. The van der Waals surface area contributed by atoms with Gasteiger partial charge in [0, 0.05) is 12.8 Å². The van der Waals surface area contributed by atoms with Crippen LogP contribution < -0.4 is 0 Å². The number of unbranched alkanes of at least 4 members (excludes halogenated alkanes) is 16. The molecule has 0 bridgehead atoms. The van der Waals surface area contributed by atoms with Gasteiger partial charge in [0.15, 0.2) is 0 Å². The smallest absolute Gasteiger partial charge is 0.305 e. The molecule has 0 saturated heterocycles. The molecule has 0 fully saturated rings. The lowest BCUT2D eigenvalue weighted by Crippen LogP contribution is -2.25. The first-order valence-corrected chi connectivity index (χ1v) is 19.7. The first-order chi connectivity index (χ1) is 23.3. The van der Waals surface area contributed by atoms with Crippen LogP contribution in [0.3, 0.4) is 0 Å². The molecule has 0 amide bonds. The maximum absolute atomic E-state index is 12.0. The van der Waals surface area contributed by atoms with E-state index in [0.29, 0.717) is 19.3 Å². The van der Waals surface area contributed by atoms with E-state index in [0.717, 1.165) is 44.4 Å². The van der Waals surface area contributed by atoms with Crippen molar-refractivity contribution in [3.63, 3.8) is 0 Å². The number of hydrogen-bond acceptors (Lipinski definition) is 6. The van der Waals surface area contributed by atoms with Gasteiger partial charge in [-0.3, -0.25) is 9.59 Å². The molecular formula is C42H74O6. The minimum absolute atomic E-state index is 0.148. The molecule has 2 atom stereocenters. The summed E-state index contributed by atoms with van der Waals surface area (Å²) >= 11 is 0. The van der Waals surface area contributed by atoms with Gasteiger partial charge >= 0.3 is 11.9 Å². The highest BCUT2D eigenvalue weighted by atomic mass is 16.6. The average Bonchev–Trinajstić information content (AvgIpc) is 3.06. The first kappa shape index (κ1) is 45.8. The molecule has 0 unspecified atom stereocenters. The van der Waals surface area contributed by atoms with Crippen molar-refractivity contribution in [3.8, 4) is 0 Å². The standard InChI is InChI=1S/C42H74O6/c1-4-5-6-7-22-27-32-39(43)33-28-23-18-15-16-20-25-30-35-42(46)48-37-40(44)36-47-41(45)34-29-24-19-14-12-10-8-9-11-13-17-21-26-31-38(2)3/h16,18,20,22-23,27-28,33,38-40,43-44H,4-15,17,19,21,24-26,29-32,34-37H2,1-3H3/b20-16-,23-18-,27-22-,33-28+/t39-,40+/m1/s1. The molecule has 48 heavy (non-hydrogen) atoms. The topological polar surface area (TPSA) is 93.1 Å². The fourth-order valence-electron chi connectivity index (χ4n) is 5.29. The number of esters is 2. The minimum Gasteiger partial charge on any atom is -0.463 e. The van der Waals surface area contributed by atoms with Gasteiger partial charge in [-0.2, -0.15) is 0 Å². The van der Waals surface area contributed by atoms with E-state index in [9.17, 15) is 19.8 Å². The Kier molecular flexibility index (Phi) is 34.5. The number of carbonyl (C=O) groups excluding carboxylic acids is 2. The van der Waals surface area contributed by atoms with Crippen molar-refractivity contribution in [2.75, 3.05) is 13.2 Å². The van der Waals surface area contributed by atoms with Crippen LogP contribution in [0.5, 0.6) is 0 Å². The third-order valence-electron chi connectivity index (χ3n) is 8.33. The van der Waals surface area contributed by atoms with Gasteiger partial charge in [-0.25, -0.2) is 0 Å². The number of carbonyl (C=O) groups is 2. The molecule has 0 aromatic rings. The SMILES string of the molecule is CCCCC/C=C\C[C@@H](O)/C=C/C=C\C/C=C\CCCC(=O)OC[C@@H](O)COC(=O)CCCCCCCCCCCCCCCC(C)C. The Morgan fingerprint density at radius 1 is 0.583 bits per heavy atom. The maximum atomic E-state index is 12.0. The fraction of sp³-hybridized carbons (Fsp3) is 0.762. The summed E-state index contributed by atoms with van der Waals surface area (Å²) in [6.07, 6.45) is 40.5. The number of allylic oxidation sites excluding steroid dienone is 6. The normalized spacial score (nSPS) is 13.5. The van der Waals surface area contributed by atoms with Crippen molar-refractivity contribution in [1.29, 1.82) is 0 Å².